The number of rotatable bonds is 5. The van der Waals surface area contributed by atoms with E-state index >= 15 is 0 Å². The van der Waals surface area contributed by atoms with Crippen molar-refractivity contribution >= 4 is 17.7 Å². The third-order valence-electron chi connectivity index (χ3n) is 4.05. The van der Waals surface area contributed by atoms with Gasteiger partial charge in [-0.2, -0.15) is 5.26 Å². The molecule has 2 aromatic heterocycles. The van der Waals surface area contributed by atoms with E-state index in [2.05, 4.69) is 4.98 Å². The van der Waals surface area contributed by atoms with E-state index in [0.717, 1.165) is 5.69 Å². The molecule has 7 heteroatoms. The average Bonchev–Trinajstić information content (AvgIpc) is 2.70. The highest BCUT2D eigenvalue weighted by Gasteiger charge is 2.12. The van der Waals surface area contributed by atoms with Crippen molar-refractivity contribution in [2.75, 3.05) is 7.11 Å². The molecule has 7 nitrogen and oxygen atoms in total. The molecule has 3 rings (SSSR count). The first-order chi connectivity index (χ1) is 13.5. The lowest BCUT2D eigenvalue weighted by atomic mass is 10.1. The first-order valence-corrected chi connectivity index (χ1v) is 8.43. The molecule has 0 spiro atoms. The molecule has 0 N–H and O–H groups in total. The minimum atomic E-state index is -0.787. The lowest BCUT2D eigenvalue weighted by molar-refractivity contribution is -0.139. The van der Waals surface area contributed by atoms with Crippen molar-refractivity contribution in [2.24, 2.45) is 0 Å². The highest BCUT2D eigenvalue weighted by molar-refractivity contribution is 5.97. The number of nitrogens with zero attached hydrogens (tertiary/aromatic N) is 3. The van der Waals surface area contributed by atoms with Gasteiger partial charge in [-0.05, 0) is 42.8 Å². The van der Waals surface area contributed by atoms with E-state index < -0.39 is 5.97 Å². The number of aromatic nitrogens is 2. The van der Waals surface area contributed by atoms with Crippen LogP contribution in [0.1, 0.15) is 17.0 Å². The van der Waals surface area contributed by atoms with Crippen molar-refractivity contribution in [1.82, 2.24) is 9.38 Å². The standard InChI is InChI=1S/C21H17N3O4/c1-14-4-3-5-19-23-17(11-20(25)24(14)19)13-28-21(26)16(12-22)10-15-6-8-18(27-2)9-7-15/h3-11H,13H2,1-2H3/b16-10+. The van der Waals surface area contributed by atoms with Gasteiger partial charge in [0.15, 0.2) is 0 Å². The van der Waals surface area contributed by atoms with Crippen LogP contribution in [-0.4, -0.2) is 22.5 Å². The summed E-state index contributed by atoms with van der Waals surface area (Å²) in [6, 6.07) is 15.3. The molecule has 0 aliphatic carbocycles. The highest BCUT2D eigenvalue weighted by Crippen LogP contribution is 2.14. The normalized spacial score (nSPS) is 11.1. The molecule has 0 saturated heterocycles. The first-order valence-electron chi connectivity index (χ1n) is 8.43. The van der Waals surface area contributed by atoms with Crippen molar-refractivity contribution < 1.29 is 14.3 Å². The number of hydrogen-bond acceptors (Lipinski definition) is 6. The maximum atomic E-state index is 12.3. The number of methoxy groups -OCH3 is 1. The maximum Gasteiger partial charge on any atom is 0.349 e. The smallest absolute Gasteiger partial charge is 0.349 e. The monoisotopic (exact) mass is 375 g/mol. The van der Waals surface area contributed by atoms with E-state index in [1.54, 1.807) is 56.5 Å². The van der Waals surface area contributed by atoms with Crippen LogP contribution in [0.25, 0.3) is 11.7 Å². The van der Waals surface area contributed by atoms with E-state index in [1.165, 1.54) is 16.5 Å². The van der Waals surface area contributed by atoms with E-state index in [9.17, 15) is 14.9 Å². The van der Waals surface area contributed by atoms with Crippen LogP contribution in [0.2, 0.25) is 0 Å². The number of hydrogen-bond donors (Lipinski definition) is 0. The summed E-state index contributed by atoms with van der Waals surface area (Å²) >= 11 is 0. The number of ether oxygens (including phenoxy) is 2. The molecule has 0 unspecified atom stereocenters. The summed E-state index contributed by atoms with van der Waals surface area (Å²) in [6.45, 7) is 1.60. The molecule has 3 aromatic rings. The van der Waals surface area contributed by atoms with Gasteiger partial charge in [-0.1, -0.05) is 18.2 Å². The second-order valence-electron chi connectivity index (χ2n) is 5.97. The van der Waals surface area contributed by atoms with Gasteiger partial charge in [0.1, 0.15) is 29.6 Å². The molecule has 0 aliphatic heterocycles. The number of fused-ring (bicyclic) bond motifs is 1. The highest BCUT2D eigenvalue weighted by atomic mass is 16.5. The molecule has 2 heterocycles. The van der Waals surface area contributed by atoms with E-state index in [-0.39, 0.29) is 17.7 Å². The van der Waals surface area contributed by atoms with Crippen LogP contribution in [0.5, 0.6) is 5.75 Å². The molecule has 0 fully saturated rings. The zero-order valence-electron chi connectivity index (χ0n) is 15.4. The lowest BCUT2D eigenvalue weighted by Gasteiger charge is -2.07. The Morgan fingerprint density at radius 1 is 1.25 bits per heavy atom. The lowest BCUT2D eigenvalue weighted by Crippen LogP contribution is -2.18. The second-order valence-corrected chi connectivity index (χ2v) is 5.97. The zero-order valence-corrected chi connectivity index (χ0v) is 15.4. The average molecular weight is 375 g/mol. The van der Waals surface area contributed by atoms with Crippen molar-refractivity contribution in [3.05, 3.63) is 81.4 Å². The summed E-state index contributed by atoms with van der Waals surface area (Å²) in [5, 5.41) is 9.26. The molecule has 0 amide bonds. The maximum absolute atomic E-state index is 12.3. The van der Waals surface area contributed by atoms with Gasteiger partial charge < -0.3 is 9.47 Å². The summed E-state index contributed by atoms with van der Waals surface area (Å²) < 4.78 is 11.7. The zero-order chi connectivity index (χ0) is 20.1. The van der Waals surface area contributed by atoms with E-state index in [1.807, 2.05) is 6.07 Å². The fourth-order valence-electron chi connectivity index (χ4n) is 2.66. The Kier molecular flexibility index (Phi) is 5.51. The van der Waals surface area contributed by atoms with Crippen molar-refractivity contribution in [3.63, 3.8) is 0 Å². The number of benzene rings is 1. The van der Waals surface area contributed by atoms with Crippen LogP contribution in [0.4, 0.5) is 0 Å². The number of esters is 1. The van der Waals surface area contributed by atoms with Gasteiger partial charge >= 0.3 is 5.97 Å². The number of pyridine rings is 1. The summed E-state index contributed by atoms with van der Waals surface area (Å²) in [5.41, 5.74) is 1.78. The van der Waals surface area contributed by atoms with Gasteiger partial charge in [0.25, 0.3) is 5.56 Å². The van der Waals surface area contributed by atoms with Crippen LogP contribution in [-0.2, 0) is 16.1 Å². The predicted octanol–water partition coefficient (Wildman–Crippen LogP) is 2.66. The van der Waals surface area contributed by atoms with Crippen LogP contribution in [0.3, 0.4) is 0 Å². The minimum absolute atomic E-state index is 0.154. The molecule has 28 heavy (non-hydrogen) atoms. The van der Waals surface area contributed by atoms with E-state index in [0.29, 0.717) is 22.7 Å². The van der Waals surface area contributed by atoms with E-state index in [4.69, 9.17) is 9.47 Å². The largest absolute Gasteiger partial charge is 0.497 e. The summed E-state index contributed by atoms with van der Waals surface area (Å²) in [5.74, 6) is -0.119. The van der Waals surface area contributed by atoms with Crippen molar-refractivity contribution in [1.29, 1.82) is 5.26 Å². The summed E-state index contributed by atoms with van der Waals surface area (Å²) in [7, 11) is 1.55. The third kappa shape index (κ3) is 4.07. The predicted molar refractivity (Wildman–Crippen MR) is 103 cm³/mol. The Bertz CT molecular complexity index is 1150. The van der Waals surface area contributed by atoms with Crippen LogP contribution >= 0.6 is 0 Å². The van der Waals surface area contributed by atoms with Crippen LogP contribution in [0, 0.1) is 18.3 Å². The number of carbonyl (C=O) groups excluding carboxylic acids is 1. The number of aryl methyl sites for hydroxylation is 1. The first kappa shape index (κ1) is 18.9. The fourth-order valence-corrected chi connectivity index (χ4v) is 2.66. The number of carbonyl (C=O) groups is 1. The molecule has 140 valence electrons. The van der Waals surface area contributed by atoms with Gasteiger partial charge in [-0.15, -0.1) is 0 Å². The Balaban J connectivity index is 1.76. The van der Waals surface area contributed by atoms with Crippen LogP contribution < -0.4 is 10.3 Å². The Morgan fingerprint density at radius 2 is 2.00 bits per heavy atom. The minimum Gasteiger partial charge on any atom is -0.497 e. The molecular formula is C21H17N3O4. The Hall–Kier alpha value is -3.92. The summed E-state index contributed by atoms with van der Waals surface area (Å²) in [6.07, 6.45) is 1.42. The SMILES string of the molecule is COc1ccc(/C=C(\C#N)C(=O)OCc2cc(=O)n3c(C)cccc3n2)cc1. The van der Waals surface area contributed by atoms with Crippen LogP contribution in [0.15, 0.2) is 58.9 Å². The summed E-state index contributed by atoms with van der Waals surface area (Å²) in [4.78, 5) is 28.8. The third-order valence-corrected chi connectivity index (χ3v) is 4.05. The molecule has 0 radical (unpaired) electrons. The van der Waals surface area contributed by atoms with Gasteiger partial charge in [-0.3, -0.25) is 9.20 Å². The quantitative estimate of drug-likeness (QED) is 0.387. The number of nitriles is 1. The molecule has 1 aromatic carbocycles. The molecule has 0 atom stereocenters. The van der Waals surface area contributed by atoms with Gasteiger partial charge in [0.05, 0.1) is 12.8 Å². The molecule has 0 bridgehead atoms. The Labute approximate surface area is 161 Å². The topological polar surface area (TPSA) is 93.7 Å². The Morgan fingerprint density at radius 3 is 2.68 bits per heavy atom. The molecule has 0 saturated carbocycles. The molecular weight excluding hydrogens is 358 g/mol. The second kappa shape index (κ2) is 8.18. The molecule has 0 aliphatic rings. The van der Waals surface area contributed by atoms with Crippen molar-refractivity contribution in [3.8, 4) is 11.8 Å². The van der Waals surface area contributed by atoms with Gasteiger partial charge in [-0.25, -0.2) is 9.78 Å². The van der Waals surface area contributed by atoms with Gasteiger partial charge in [0.2, 0.25) is 0 Å². The van der Waals surface area contributed by atoms with Gasteiger partial charge in [0, 0.05) is 11.8 Å². The van der Waals surface area contributed by atoms with Crippen molar-refractivity contribution in [2.45, 2.75) is 13.5 Å². The fraction of sp³-hybridized carbons (Fsp3) is 0.143.